The molecule has 0 radical (unpaired) electrons. The topological polar surface area (TPSA) is 44.8 Å². The van der Waals surface area contributed by atoms with Crippen LogP contribution in [0.2, 0.25) is 0 Å². The van der Waals surface area contributed by atoms with Crippen LogP contribution in [0, 0.1) is 11.7 Å². The van der Waals surface area contributed by atoms with E-state index in [0.29, 0.717) is 38.1 Å². The largest absolute Gasteiger partial charge is 0.493 e. The highest BCUT2D eigenvalue weighted by Gasteiger charge is 2.27. The molecular weight excluding hydrogens is 479 g/mol. The number of ether oxygens (including phenoxy) is 3. The molecule has 5 heteroatoms. The van der Waals surface area contributed by atoms with Gasteiger partial charge in [-0.2, -0.15) is 0 Å². The number of unbranched alkanes of at least 4 members (excludes halogenated alkanes) is 1. The van der Waals surface area contributed by atoms with Crippen molar-refractivity contribution < 1.29 is 23.4 Å². The number of Topliss-reactive ketones (excluding diaryl/α,β-unsaturated/α-hetero) is 1. The highest BCUT2D eigenvalue weighted by Crippen LogP contribution is 2.38. The van der Waals surface area contributed by atoms with Crippen LogP contribution in [0.1, 0.15) is 72.3 Å². The van der Waals surface area contributed by atoms with Gasteiger partial charge < -0.3 is 14.2 Å². The van der Waals surface area contributed by atoms with Gasteiger partial charge in [-0.1, -0.05) is 37.1 Å². The van der Waals surface area contributed by atoms with Crippen LogP contribution < -0.4 is 9.47 Å². The summed E-state index contributed by atoms with van der Waals surface area (Å²) in [4.78, 5) is 12.4. The highest BCUT2D eigenvalue weighted by molar-refractivity contribution is 5.96. The van der Waals surface area contributed by atoms with E-state index >= 15 is 0 Å². The summed E-state index contributed by atoms with van der Waals surface area (Å²) in [6.45, 7) is 1.92. The summed E-state index contributed by atoms with van der Waals surface area (Å²) in [6.07, 6.45) is 7.81. The Kier molecular flexibility index (Phi) is 10.8. The van der Waals surface area contributed by atoms with E-state index in [4.69, 9.17) is 14.2 Å². The van der Waals surface area contributed by atoms with Gasteiger partial charge in [0.1, 0.15) is 17.3 Å². The molecule has 0 saturated heterocycles. The van der Waals surface area contributed by atoms with Gasteiger partial charge in [-0.25, -0.2) is 4.39 Å². The second kappa shape index (κ2) is 14.7. The quantitative estimate of drug-likeness (QED) is 0.161. The van der Waals surface area contributed by atoms with Crippen molar-refractivity contribution >= 4 is 5.78 Å². The second-order valence-corrected chi connectivity index (χ2v) is 10.2. The number of halogens is 1. The summed E-state index contributed by atoms with van der Waals surface area (Å²) in [5.41, 5.74) is 3.14. The summed E-state index contributed by atoms with van der Waals surface area (Å²) in [7, 11) is 1.68. The van der Waals surface area contributed by atoms with Crippen LogP contribution in [-0.2, 0) is 11.2 Å². The van der Waals surface area contributed by atoms with Gasteiger partial charge in [0.05, 0.1) is 13.2 Å². The smallest absolute Gasteiger partial charge is 0.162 e. The van der Waals surface area contributed by atoms with Crippen molar-refractivity contribution in [1.82, 2.24) is 0 Å². The molecule has 0 N–H and O–H groups in total. The fourth-order valence-corrected chi connectivity index (χ4v) is 5.21. The maximum atomic E-state index is 13.1. The van der Waals surface area contributed by atoms with Crippen LogP contribution in [0.5, 0.6) is 11.5 Å². The molecule has 0 unspecified atom stereocenters. The van der Waals surface area contributed by atoms with E-state index in [2.05, 4.69) is 24.3 Å². The zero-order valence-electron chi connectivity index (χ0n) is 22.4. The number of carbonyl (C=O) groups is 1. The number of methoxy groups -OCH3 is 1. The number of benzene rings is 3. The lowest BCUT2D eigenvalue weighted by atomic mass is 9.76. The Balaban J connectivity index is 1.25. The van der Waals surface area contributed by atoms with Crippen LogP contribution in [0.15, 0.2) is 72.8 Å². The maximum absolute atomic E-state index is 13.1. The van der Waals surface area contributed by atoms with Crippen molar-refractivity contribution in [3.05, 3.63) is 95.3 Å². The van der Waals surface area contributed by atoms with Crippen LogP contribution in [0.3, 0.4) is 0 Å². The van der Waals surface area contributed by atoms with E-state index in [0.717, 1.165) is 54.7 Å². The van der Waals surface area contributed by atoms with Gasteiger partial charge in [-0.05, 0) is 97.2 Å². The molecule has 3 aromatic carbocycles. The van der Waals surface area contributed by atoms with E-state index in [-0.39, 0.29) is 11.6 Å². The Bertz CT molecular complexity index is 1110. The molecule has 3 aromatic rings. The van der Waals surface area contributed by atoms with Crippen molar-refractivity contribution in [2.75, 3.05) is 26.9 Å². The highest BCUT2D eigenvalue weighted by atomic mass is 19.1. The fourth-order valence-electron chi connectivity index (χ4n) is 5.21. The monoisotopic (exact) mass is 518 g/mol. The van der Waals surface area contributed by atoms with E-state index in [1.54, 1.807) is 19.2 Å². The maximum Gasteiger partial charge on any atom is 0.162 e. The molecule has 0 heterocycles. The first-order chi connectivity index (χ1) is 18.6. The summed E-state index contributed by atoms with van der Waals surface area (Å²) < 4.78 is 30.2. The van der Waals surface area contributed by atoms with Gasteiger partial charge in [-0.15, -0.1) is 0 Å². The van der Waals surface area contributed by atoms with Crippen molar-refractivity contribution in [3.63, 3.8) is 0 Å². The SMILES string of the molecule is COCCCCC(=O)c1ccc(OC[C@@H]2CCCC[C@H]2c2ccc(OCCc3ccc(F)cc3)cc2)cc1. The molecule has 202 valence electrons. The van der Waals surface area contributed by atoms with Crippen molar-refractivity contribution in [2.24, 2.45) is 5.92 Å². The van der Waals surface area contributed by atoms with Crippen molar-refractivity contribution in [3.8, 4) is 11.5 Å². The molecule has 38 heavy (non-hydrogen) atoms. The van der Waals surface area contributed by atoms with E-state index < -0.39 is 0 Å². The molecule has 1 aliphatic carbocycles. The summed E-state index contributed by atoms with van der Waals surface area (Å²) in [6, 6.07) is 22.6. The third-order valence-corrected chi connectivity index (χ3v) is 7.43. The van der Waals surface area contributed by atoms with E-state index in [9.17, 15) is 9.18 Å². The molecule has 0 bridgehead atoms. The lowest BCUT2D eigenvalue weighted by Gasteiger charge is -2.32. The van der Waals surface area contributed by atoms with Gasteiger partial charge in [0, 0.05) is 32.1 Å². The van der Waals surface area contributed by atoms with Gasteiger partial charge in [0.2, 0.25) is 0 Å². The zero-order valence-corrected chi connectivity index (χ0v) is 22.4. The Labute approximate surface area is 226 Å². The first-order valence-electron chi connectivity index (χ1n) is 13.8. The molecular formula is C33H39FO4. The Hall–Kier alpha value is -3.18. The van der Waals surface area contributed by atoms with Crippen molar-refractivity contribution in [1.29, 1.82) is 0 Å². The minimum Gasteiger partial charge on any atom is -0.493 e. The third-order valence-electron chi connectivity index (χ3n) is 7.43. The van der Waals surface area contributed by atoms with Gasteiger partial charge in [0.15, 0.2) is 5.78 Å². The van der Waals surface area contributed by atoms with E-state index in [1.165, 1.54) is 30.5 Å². The Morgan fingerprint density at radius 3 is 2.24 bits per heavy atom. The van der Waals surface area contributed by atoms with E-state index in [1.807, 2.05) is 24.3 Å². The number of hydrogen-bond donors (Lipinski definition) is 0. The van der Waals surface area contributed by atoms with Crippen LogP contribution in [0.25, 0.3) is 0 Å². The molecule has 0 spiro atoms. The average molecular weight is 519 g/mol. The lowest BCUT2D eigenvalue weighted by Crippen LogP contribution is -2.24. The zero-order chi connectivity index (χ0) is 26.6. The van der Waals surface area contributed by atoms with Crippen LogP contribution >= 0.6 is 0 Å². The molecule has 0 amide bonds. The predicted octanol–water partition coefficient (Wildman–Crippen LogP) is 7.80. The molecule has 4 rings (SSSR count). The molecule has 1 saturated carbocycles. The Morgan fingerprint density at radius 1 is 0.816 bits per heavy atom. The molecule has 1 fully saturated rings. The minimum atomic E-state index is -0.217. The second-order valence-electron chi connectivity index (χ2n) is 10.2. The van der Waals surface area contributed by atoms with Crippen LogP contribution in [0.4, 0.5) is 4.39 Å². The first kappa shape index (κ1) is 27.8. The Morgan fingerprint density at radius 2 is 1.50 bits per heavy atom. The fraction of sp³-hybridized carbons (Fsp3) is 0.424. The third kappa shape index (κ3) is 8.42. The summed E-state index contributed by atoms with van der Waals surface area (Å²) in [5, 5.41) is 0. The predicted molar refractivity (Wildman–Crippen MR) is 149 cm³/mol. The summed E-state index contributed by atoms with van der Waals surface area (Å²) >= 11 is 0. The molecule has 0 aromatic heterocycles. The van der Waals surface area contributed by atoms with Crippen LogP contribution in [-0.4, -0.2) is 32.7 Å². The molecule has 0 aliphatic heterocycles. The first-order valence-corrected chi connectivity index (χ1v) is 13.8. The van der Waals surface area contributed by atoms with Gasteiger partial charge in [-0.3, -0.25) is 4.79 Å². The molecule has 1 aliphatic rings. The lowest BCUT2D eigenvalue weighted by molar-refractivity contribution is 0.0975. The summed E-state index contributed by atoms with van der Waals surface area (Å²) in [5.74, 6) is 2.54. The standard InChI is InChI=1S/C33H39FO4/c1-36-22-5-4-8-33(35)27-13-19-31(20-14-27)38-24-28-6-2-3-7-32(28)26-11-17-30(18-12-26)37-23-21-25-9-15-29(34)16-10-25/h9-20,28,32H,2-8,21-24H2,1H3/t28-,32-/m0/s1. The number of ketones is 1. The number of carbonyl (C=O) groups excluding carboxylic acids is 1. The molecule has 4 nitrogen and oxygen atoms in total. The molecule has 2 atom stereocenters. The van der Waals surface area contributed by atoms with Crippen molar-refractivity contribution in [2.45, 2.75) is 57.3 Å². The van der Waals surface area contributed by atoms with Gasteiger partial charge >= 0.3 is 0 Å². The normalized spacial score (nSPS) is 17.2. The van der Waals surface area contributed by atoms with Gasteiger partial charge in [0.25, 0.3) is 0 Å². The number of rotatable bonds is 14. The minimum absolute atomic E-state index is 0.169. The number of hydrogen-bond acceptors (Lipinski definition) is 4. The average Bonchev–Trinajstić information content (AvgIpc) is 2.96.